The van der Waals surface area contributed by atoms with Gasteiger partial charge in [-0.3, -0.25) is 0 Å². The van der Waals surface area contributed by atoms with Gasteiger partial charge in [0.15, 0.2) is 0 Å². The number of rotatable bonds is 7. The van der Waals surface area contributed by atoms with Gasteiger partial charge in [0.1, 0.15) is 5.75 Å². The summed E-state index contributed by atoms with van der Waals surface area (Å²) in [4.78, 5) is 15.8. The highest BCUT2D eigenvalue weighted by molar-refractivity contribution is 6.02. The zero-order valence-corrected chi connectivity index (χ0v) is 18.8. The smallest absolute Gasteiger partial charge is 0.250 e. The van der Waals surface area contributed by atoms with Crippen molar-refractivity contribution in [3.63, 3.8) is 0 Å². The van der Waals surface area contributed by atoms with E-state index in [4.69, 9.17) is 9.47 Å². The monoisotopic (exact) mass is 455 g/mol. The number of morpholine rings is 1. The first-order valence-corrected chi connectivity index (χ1v) is 11.1. The Kier molecular flexibility index (Phi) is 6.44. The van der Waals surface area contributed by atoms with Crippen molar-refractivity contribution in [2.75, 3.05) is 49.1 Å². The molecule has 2 N–H and O–H groups in total. The molecule has 9 heteroatoms. The van der Waals surface area contributed by atoms with Crippen LogP contribution >= 0.6 is 0 Å². The summed E-state index contributed by atoms with van der Waals surface area (Å²) in [7, 11) is 1.67. The topological polar surface area (TPSA) is 96.8 Å². The molecular weight excluding hydrogens is 430 g/mol. The van der Waals surface area contributed by atoms with E-state index in [2.05, 4.69) is 35.7 Å². The average molecular weight is 456 g/mol. The van der Waals surface area contributed by atoms with Crippen LogP contribution in [0.1, 0.15) is 5.56 Å². The standard InChI is InChI=1S/C25H25N7O2/c1-33-22-12-11-18(20-9-5-6-10-21(20)22)17-26-31-24-28-23(27-19-7-3-2-4-8-19)29-25(30-24)32-13-15-34-16-14-32/h2-12,17H,13-16H2,1H3,(H2,27,28,29,30,31). The number of aromatic nitrogens is 3. The molecular formula is C25H25N7O2. The molecule has 9 nitrogen and oxygen atoms in total. The van der Waals surface area contributed by atoms with Gasteiger partial charge in [-0.15, -0.1) is 0 Å². The lowest BCUT2D eigenvalue weighted by Crippen LogP contribution is -2.37. The highest BCUT2D eigenvalue weighted by Gasteiger charge is 2.16. The fourth-order valence-corrected chi connectivity index (χ4v) is 3.77. The highest BCUT2D eigenvalue weighted by Crippen LogP contribution is 2.27. The number of nitrogens with zero attached hydrogens (tertiary/aromatic N) is 5. The van der Waals surface area contributed by atoms with E-state index in [1.165, 1.54) is 0 Å². The van der Waals surface area contributed by atoms with Gasteiger partial charge in [0.25, 0.3) is 0 Å². The van der Waals surface area contributed by atoms with Crippen LogP contribution in [0.25, 0.3) is 10.8 Å². The minimum atomic E-state index is 0.351. The van der Waals surface area contributed by atoms with E-state index in [0.29, 0.717) is 31.1 Å². The fraction of sp³-hybridized carbons (Fsp3) is 0.200. The molecule has 34 heavy (non-hydrogen) atoms. The van der Waals surface area contributed by atoms with Crippen molar-refractivity contribution < 1.29 is 9.47 Å². The van der Waals surface area contributed by atoms with Gasteiger partial charge >= 0.3 is 0 Å². The van der Waals surface area contributed by atoms with Gasteiger partial charge in [-0.2, -0.15) is 20.1 Å². The molecule has 2 heterocycles. The van der Waals surface area contributed by atoms with E-state index in [0.717, 1.165) is 40.9 Å². The van der Waals surface area contributed by atoms with E-state index >= 15 is 0 Å². The van der Waals surface area contributed by atoms with Crippen LogP contribution in [0, 0.1) is 0 Å². The van der Waals surface area contributed by atoms with Gasteiger partial charge in [-0.25, -0.2) is 5.43 Å². The van der Waals surface area contributed by atoms with Gasteiger partial charge < -0.3 is 19.7 Å². The van der Waals surface area contributed by atoms with Crippen LogP contribution < -0.4 is 20.4 Å². The number of fused-ring (bicyclic) bond motifs is 1. The molecule has 0 bridgehead atoms. The van der Waals surface area contributed by atoms with Crippen molar-refractivity contribution in [3.05, 3.63) is 72.3 Å². The molecule has 0 saturated carbocycles. The first kappa shape index (κ1) is 21.6. The molecule has 5 rings (SSSR count). The molecule has 0 atom stereocenters. The van der Waals surface area contributed by atoms with Crippen LogP contribution in [0.2, 0.25) is 0 Å². The summed E-state index contributed by atoms with van der Waals surface area (Å²) >= 11 is 0. The van der Waals surface area contributed by atoms with Crippen LogP contribution in [-0.2, 0) is 4.74 Å². The fourth-order valence-electron chi connectivity index (χ4n) is 3.77. The third kappa shape index (κ3) is 4.89. The van der Waals surface area contributed by atoms with Crippen LogP contribution in [-0.4, -0.2) is 54.6 Å². The molecule has 1 aliphatic rings. The number of hydrogen-bond acceptors (Lipinski definition) is 9. The minimum absolute atomic E-state index is 0.351. The number of hydrazone groups is 1. The number of nitrogens with one attached hydrogen (secondary N) is 2. The number of para-hydroxylation sites is 1. The van der Waals surface area contributed by atoms with Crippen molar-refractivity contribution in [3.8, 4) is 5.75 Å². The highest BCUT2D eigenvalue weighted by atomic mass is 16.5. The molecule has 1 fully saturated rings. The summed E-state index contributed by atoms with van der Waals surface area (Å²) in [6.45, 7) is 2.71. The van der Waals surface area contributed by atoms with Crippen molar-refractivity contribution in [1.82, 2.24) is 15.0 Å². The second kappa shape index (κ2) is 10.1. The van der Waals surface area contributed by atoms with Gasteiger partial charge in [0.2, 0.25) is 17.8 Å². The molecule has 0 unspecified atom stereocenters. The van der Waals surface area contributed by atoms with Crippen LogP contribution in [0.3, 0.4) is 0 Å². The number of benzene rings is 3. The number of anilines is 4. The molecule has 1 aromatic heterocycles. The van der Waals surface area contributed by atoms with Crippen molar-refractivity contribution in [1.29, 1.82) is 0 Å². The molecule has 172 valence electrons. The second-order valence-electron chi connectivity index (χ2n) is 7.65. The van der Waals surface area contributed by atoms with Crippen molar-refractivity contribution in [2.45, 2.75) is 0 Å². The van der Waals surface area contributed by atoms with Gasteiger partial charge in [-0.05, 0) is 29.7 Å². The summed E-state index contributed by atoms with van der Waals surface area (Å²) in [5.74, 6) is 2.19. The Bertz CT molecular complexity index is 1290. The number of methoxy groups -OCH3 is 1. The molecule has 0 aliphatic carbocycles. The van der Waals surface area contributed by atoms with E-state index < -0.39 is 0 Å². The van der Waals surface area contributed by atoms with Crippen LogP contribution in [0.15, 0.2) is 71.8 Å². The Balaban J connectivity index is 1.42. The Morgan fingerprint density at radius 3 is 2.41 bits per heavy atom. The molecule has 0 amide bonds. The molecule has 1 saturated heterocycles. The lowest BCUT2D eigenvalue weighted by Gasteiger charge is -2.27. The first-order chi connectivity index (χ1) is 16.8. The molecule has 0 radical (unpaired) electrons. The van der Waals surface area contributed by atoms with E-state index in [-0.39, 0.29) is 0 Å². The maximum atomic E-state index is 5.48. The largest absolute Gasteiger partial charge is 0.496 e. The summed E-state index contributed by atoms with van der Waals surface area (Å²) in [6.07, 6.45) is 1.75. The van der Waals surface area contributed by atoms with E-state index in [9.17, 15) is 0 Å². The SMILES string of the molecule is COc1ccc(C=NNc2nc(Nc3ccccc3)nc(N3CCOCC3)n2)c2ccccc12. The van der Waals surface area contributed by atoms with Crippen molar-refractivity contribution in [2.24, 2.45) is 5.10 Å². The van der Waals surface area contributed by atoms with Crippen LogP contribution in [0.5, 0.6) is 5.75 Å². The Labute approximate surface area is 197 Å². The molecule has 0 spiro atoms. The van der Waals surface area contributed by atoms with Crippen molar-refractivity contribution >= 4 is 40.5 Å². The quantitative estimate of drug-likeness (QED) is 0.318. The van der Waals surface area contributed by atoms with E-state index in [1.54, 1.807) is 13.3 Å². The molecule has 3 aromatic carbocycles. The zero-order chi connectivity index (χ0) is 23.2. The normalized spacial score (nSPS) is 13.9. The maximum absolute atomic E-state index is 5.48. The number of hydrogen-bond donors (Lipinski definition) is 2. The summed E-state index contributed by atoms with van der Waals surface area (Å²) in [6, 6.07) is 21.7. The third-order valence-electron chi connectivity index (χ3n) is 5.45. The maximum Gasteiger partial charge on any atom is 0.250 e. The van der Waals surface area contributed by atoms with Gasteiger partial charge in [0, 0.05) is 29.7 Å². The number of ether oxygens (including phenoxy) is 2. The van der Waals surface area contributed by atoms with Gasteiger partial charge in [0.05, 0.1) is 26.5 Å². The van der Waals surface area contributed by atoms with E-state index in [1.807, 2.05) is 66.7 Å². The van der Waals surface area contributed by atoms with Crippen LogP contribution in [0.4, 0.5) is 23.5 Å². The Hall–Kier alpha value is -4.24. The summed E-state index contributed by atoms with van der Waals surface area (Å²) in [5.41, 5.74) is 4.81. The average Bonchev–Trinajstić information content (AvgIpc) is 2.90. The minimum Gasteiger partial charge on any atom is -0.496 e. The predicted octanol–water partition coefficient (Wildman–Crippen LogP) is 4.06. The Morgan fingerprint density at radius 1 is 0.882 bits per heavy atom. The van der Waals surface area contributed by atoms with Gasteiger partial charge in [-0.1, -0.05) is 42.5 Å². The lowest BCUT2D eigenvalue weighted by molar-refractivity contribution is 0.122. The molecule has 1 aliphatic heterocycles. The third-order valence-corrected chi connectivity index (χ3v) is 5.45. The molecule has 4 aromatic rings. The second-order valence-corrected chi connectivity index (χ2v) is 7.65. The predicted molar refractivity (Wildman–Crippen MR) is 134 cm³/mol. The Morgan fingerprint density at radius 2 is 1.62 bits per heavy atom. The first-order valence-electron chi connectivity index (χ1n) is 11.1. The summed E-state index contributed by atoms with van der Waals surface area (Å²) in [5, 5.41) is 9.73. The zero-order valence-electron chi connectivity index (χ0n) is 18.8. The lowest BCUT2D eigenvalue weighted by atomic mass is 10.0. The summed E-state index contributed by atoms with van der Waals surface area (Å²) < 4.78 is 10.9.